The van der Waals surface area contributed by atoms with Crippen LogP contribution < -0.4 is 25.3 Å². The number of halogens is 4. The average molecular weight is 678 g/mol. The van der Waals surface area contributed by atoms with E-state index in [-0.39, 0.29) is 17.5 Å². The van der Waals surface area contributed by atoms with Crippen molar-refractivity contribution in [3.63, 3.8) is 0 Å². The van der Waals surface area contributed by atoms with Crippen LogP contribution >= 0.6 is 0 Å². The summed E-state index contributed by atoms with van der Waals surface area (Å²) in [7, 11) is 3.63. The van der Waals surface area contributed by atoms with Gasteiger partial charge in [0.1, 0.15) is 23.7 Å². The van der Waals surface area contributed by atoms with Crippen LogP contribution in [0.25, 0.3) is 11.1 Å². The summed E-state index contributed by atoms with van der Waals surface area (Å²) in [6.07, 6.45) is -1.52. The van der Waals surface area contributed by atoms with Crippen molar-refractivity contribution in [3.8, 4) is 16.9 Å². The molecule has 2 saturated heterocycles. The largest absolute Gasteiger partial charge is 0.494 e. The maximum absolute atomic E-state index is 14.2. The summed E-state index contributed by atoms with van der Waals surface area (Å²) in [5.74, 6) is 0.0600. The predicted octanol–water partition coefficient (Wildman–Crippen LogP) is 6.81. The Balaban J connectivity index is 1.27. The van der Waals surface area contributed by atoms with Crippen LogP contribution in [-0.2, 0) is 15.8 Å². The first-order valence-electron chi connectivity index (χ1n) is 15.6. The molecule has 14 heteroatoms. The van der Waals surface area contributed by atoms with Gasteiger partial charge in [0, 0.05) is 44.7 Å². The number of amides is 1. The number of carbonyl (C=O) groups is 1. The number of carbonyl (C=O) groups excluding carboxylic acids is 1. The van der Waals surface area contributed by atoms with Gasteiger partial charge in [0.25, 0.3) is 0 Å². The fourth-order valence-electron chi connectivity index (χ4n) is 5.95. The molecule has 3 heterocycles. The van der Waals surface area contributed by atoms with Crippen LogP contribution in [0.1, 0.15) is 23.6 Å². The number of nitrogens with one attached hydrogen (secondary N) is 2. The van der Waals surface area contributed by atoms with Crippen LogP contribution in [0.4, 0.5) is 46.3 Å². The monoisotopic (exact) mass is 677 g/mol. The van der Waals surface area contributed by atoms with Crippen molar-refractivity contribution < 1.29 is 31.9 Å². The van der Waals surface area contributed by atoms with E-state index in [1.807, 2.05) is 12.1 Å². The van der Waals surface area contributed by atoms with Crippen molar-refractivity contribution >= 4 is 34.6 Å². The van der Waals surface area contributed by atoms with Crippen LogP contribution in [-0.4, -0.2) is 67.7 Å². The molecule has 0 aliphatic carbocycles. The van der Waals surface area contributed by atoms with Gasteiger partial charge in [0.2, 0.25) is 5.91 Å². The molecule has 49 heavy (non-hydrogen) atoms. The van der Waals surface area contributed by atoms with Gasteiger partial charge in [-0.1, -0.05) is 24.8 Å². The lowest BCUT2D eigenvalue weighted by Crippen LogP contribution is -2.44. The first kappa shape index (κ1) is 33.7. The van der Waals surface area contributed by atoms with Crippen molar-refractivity contribution in [2.24, 2.45) is 0 Å². The fraction of sp³-hybridized carbons (Fsp3) is 0.286. The highest BCUT2D eigenvalue weighted by molar-refractivity contribution is 6.02. The second-order valence-corrected chi connectivity index (χ2v) is 11.8. The summed E-state index contributed by atoms with van der Waals surface area (Å²) in [4.78, 5) is 31.6. The SMILES string of the molecule is C=CC(=O)Nc1cc(Nc2cc(N3OCCC3c3cccc(-c4cc(F)cc(C(F)(F)F)c4)c3)ncn2)c(OC)cc1N1CCN(C)CC1. The minimum Gasteiger partial charge on any atom is -0.494 e. The Hall–Kier alpha value is -5.21. The van der Waals surface area contributed by atoms with Gasteiger partial charge < -0.3 is 25.2 Å². The Morgan fingerprint density at radius 3 is 2.55 bits per heavy atom. The number of likely N-dealkylation sites (N-methyl/N-ethyl adjacent to an activating group) is 1. The molecule has 0 radical (unpaired) electrons. The zero-order valence-corrected chi connectivity index (χ0v) is 26.9. The van der Waals surface area contributed by atoms with Gasteiger partial charge in [0.05, 0.1) is 42.4 Å². The van der Waals surface area contributed by atoms with Crippen LogP contribution in [0.5, 0.6) is 5.75 Å². The number of anilines is 5. The van der Waals surface area contributed by atoms with E-state index in [1.54, 1.807) is 42.5 Å². The third-order valence-corrected chi connectivity index (χ3v) is 8.48. The highest BCUT2D eigenvalue weighted by Gasteiger charge is 2.32. The first-order valence-corrected chi connectivity index (χ1v) is 15.6. The van der Waals surface area contributed by atoms with E-state index in [4.69, 9.17) is 9.57 Å². The number of rotatable bonds is 9. The van der Waals surface area contributed by atoms with E-state index >= 15 is 0 Å². The van der Waals surface area contributed by atoms with Crippen molar-refractivity contribution in [3.05, 3.63) is 96.6 Å². The van der Waals surface area contributed by atoms with E-state index in [2.05, 4.69) is 44.0 Å². The Morgan fingerprint density at radius 2 is 1.82 bits per heavy atom. The quantitative estimate of drug-likeness (QED) is 0.146. The Bertz CT molecular complexity index is 1850. The molecule has 1 atom stereocenters. The molecule has 3 aromatic carbocycles. The molecule has 6 rings (SSSR count). The number of nitrogens with zero attached hydrogens (tertiary/aromatic N) is 5. The zero-order chi connectivity index (χ0) is 34.7. The molecule has 1 aromatic heterocycles. The molecule has 0 spiro atoms. The topological polar surface area (TPSA) is 95.1 Å². The molecule has 0 bridgehead atoms. The predicted molar refractivity (Wildman–Crippen MR) is 179 cm³/mol. The van der Waals surface area contributed by atoms with Gasteiger partial charge in [-0.05, 0) is 60.1 Å². The molecule has 10 nitrogen and oxygen atoms in total. The lowest BCUT2D eigenvalue weighted by Gasteiger charge is -2.35. The molecule has 1 amide bonds. The maximum atomic E-state index is 14.2. The lowest BCUT2D eigenvalue weighted by molar-refractivity contribution is -0.137. The second-order valence-electron chi connectivity index (χ2n) is 11.8. The summed E-state index contributed by atoms with van der Waals surface area (Å²) < 4.78 is 60.1. The molecule has 2 fully saturated rings. The smallest absolute Gasteiger partial charge is 0.416 e. The summed E-state index contributed by atoms with van der Waals surface area (Å²) >= 11 is 0. The van der Waals surface area contributed by atoms with Crippen LogP contribution in [0.2, 0.25) is 0 Å². The third kappa shape index (κ3) is 7.60. The Morgan fingerprint density at radius 1 is 1.02 bits per heavy atom. The Labute approximate surface area is 280 Å². The van der Waals surface area contributed by atoms with Crippen LogP contribution in [0.15, 0.2) is 79.6 Å². The summed E-state index contributed by atoms with van der Waals surface area (Å²) in [5, 5.41) is 7.81. The molecular formula is C35H35F4N7O3. The number of hydroxylamine groups is 1. The van der Waals surface area contributed by atoms with Crippen molar-refractivity contribution in [2.75, 3.05) is 67.5 Å². The van der Waals surface area contributed by atoms with Crippen molar-refractivity contribution in [2.45, 2.75) is 18.6 Å². The van der Waals surface area contributed by atoms with Gasteiger partial charge in [0.15, 0.2) is 5.82 Å². The van der Waals surface area contributed by atoms with E-state index in [0.29, 0.717) is 53.4 Å². The molecular weight excluding hydrogens is 642 g/mol. The van der Waals surface area contributed by atoms with Crippen molar-refractivity contribution in [1.82, 2.24) is 14.9 Å². The number of hydrogen-bond acceptors (Lipinski definition) is 9. The standard InChI is InChI=1S/C35H35F4N7O3/c1-4-34(47)43-27-18-28(31(48-3)19-30(27)45-11-9-44(2)10-12-45)42-32-20-33(41-21-40-32)46-29(8-13-49-46)23-7-5-6-22(14-23)24-15-25(35(37,38)39)17-26(36)16-24/h4-7,14-21,29H,1,8-13H2,2-3H3,(H,43,47)(H,40,41,42). The van der Waals surface area contributed by atoms with E-state index in [1.165, 1.54) is 12.4 Å². The van der Waals surface area contributed by atoms with E-state index in [9.17, 15) is 22.4 Å². The first-order chi connectivity index (χ1) is 23.5. The molecule has 2 aliphatic rings. The number of benzene rings is 3. The number of alkyl halides is 3. The lowest BCUT2D eigenvalue weighted by atomic mass is 9.97. The van der Waals surface area contributed by atoms with Crippen LogP contribution in [0, 0.1) is 5.82 Å². The summed E-state index contributed by atoms with van der Waals surface area (Å²) in [6.45, 7) is 7.24. The number of piperazine rings is 1. The number of hydrogen-bond donors (Lipinski definition) is 2. The van der Waals surface area contributed by atoms with Crippen molar-refractivity contribution in [1.29, 1.82) is 0 Å². The van der Waals surface area contributed by atoms with E-state index < -0.39 is 17.6 Å². The summed E-state index contributed by atoms with van der Waals surface area (Å²) in [5.41, 5.74) is 2.19. The normalized spacial score (nSPS) is 16.8. The Kier molecular flexibility index (Phi) is 9.69. The number of methoxy groups -OCH3 is 1. The van der Waals surface area contributed by atoms with Gasteiger partial charge in [-0.25, -0.2) is 19.4 Å². The highest BCUT2D eigenvalue weighted by atomic mass is 19.4. The minimum absolute atomic E-state index is 0.115. The number of ether oxygens (including phenoxy) is 1. The third-order valence-electron chi connectivity index (χ3n) is 8.48. The highest BCUT2D eigenvalue weighted by Crippen LogP contribution is 2.41. The fourth-order valence-corrected chi connectivity index (χ4v) is 5.95. The molecule has 4 aromatic rings. The molecule has 1 unspecified atom stereocenters. The molecule has 0 saturated carbocycles. The van der Waals surface area contributed by atoms with Crippen LogP contribution in [0.3, 0.4) is 0 Å². The van der Waals surface area contributed by atoms with Gasteiger partial charge in [-0.2, -0.15) is 13.2 Å². The molecule has 2 aliphatic heterocycles. The maximum Gasteiger partial charge on any atom is 0.416 e. The van der Waals surface area contributed by atoms with Gasteiger partial charge in [-0.15, -0.1) is 0 Å². The van der Waals surface area contributed by atoms with Gasteiger partial charge >= 0.3 is 6.18 Å². The average Bonchev–Trinajstić information content (AvgIpc) is 3.59. The van der Waals surface area contributed by atoms with Gasteiger partial charge in [-0.3, -0.25) is 9.63 Å². The van der Waals surface area contributed by atoms with E-state index in [0.717, 1.165) is 49.6 Å². The minimum atomic E-state index is -4.68. The molecule has 2 N–H and O–H groups in total. The second kappa shape index (κ2) is 14.1. The number of aromatic nitrogens is 2. The zero-order valence-electron chi connectivity index (χ0n) is 26.9. The molecule has 256 valence electrons. The summed E-state index contributed by atoms with van der Waals surface area (Å²) in [6, 6.07) is 14.4.